The van der Waals surface area contributed by atoms with Crippen LogP contribution in [-0.2, 0) is 0 Å². The third-order valence-corrected chi connectivity index (χ3v) is 2.82. The molecule has 0 spiro atoms. The number of halogens is 2. The molecule has 84 valence electrons. The topological polar surface area (TPSA) is 57.0 Å². The van der Waals surface area contributed by atoms with Gasteiger partial charge < -0.3 is 4.90 Å². The van der Waals surface area contributed by atoms with Gasteiger partial charge in [0.05, 0.1) is 16.7 Å². The molecule has 0 aromatic carbocycles. The summed E-state index contributed by atoms with van der Waals surface area (Å²) in [4.78, 5) is 16.9. The van der Waals surface area contributed by atoms with E-state index in [1.165, 1.54) is 17.2 Å². The van der Waals surface area contributed by atoms with Gasteiger partial charge in [0.2, 0.25) is 0 Å². The Kier molecular flexibility index (Phi) is 4.11. The first-order valence-corrected chi connectivity index (χ1v) is 5.20. The SMILES string of the molecule is CC(C#N)N(C)C(=O)c1cnc(Cl)c(Cl)c1. The minimum atomic E-state index is -0.512. The minimum absolute atomic E-state index is 0.147. The highest BCUT2D eigenvalue weighted by Gasteiger charge is 2.18. The molecule has 1 amide bonds. The number of nitrogens with zero attached hydrogens (tertiary/aromatic N) is 3. The zero-order valence-corrected chi connectivity index (χ0v) is 10.2. The van der Waals surface area contributed by atoms with Crippen LogP contribution in [0.25, 0.3) is 0 Å². The van der Waals surface area contributed by atoms with E-state index in [2.05, 4.69) is 4.98 Å². The number of amides is 1. The van der Waals surface area contributed by atoms with Gasteiger partial charge in [0.1, 0.15) is 11.2 Å². The van der Waals surface area contributed by atoms with Gasteiger partial charge in [0, 0.05) is 13.2 Å². The van der Waals surface area contributed by atoms with Gasteiger partial charge >= 0.3 is 0 Å². The van der Waals surface area contributed by atoms with Crippen molar-refractivity contribution in [1.82, 2.24) is 9.88 Å². The number of pyridine rings is 1. The molecule has 1 unspecified atom stereocenters. The Hall–Kier alpha value is -1.31. The molecular weight excluding hydrogens is 249 g/mol. The van der Waals surface area contributed by atoms with Crippen LogP contribution in [-0.4, -0.2) is 28.9 Å². The van der Waals surface area contributed by atoms with Gasteiger partial charge in [0.25, 0.3) is 5.91 Å². The molecular formula is C10H9Cl2N3O. The van der Waals surface area contributed by atoms with E-state index in [0.717, 1.165) is 0 Å². The van der Waals surface area contributed by atoms with E-state index in [9.17, 15) is 4.79 Å². The number of aromatic nitrogens is 1. The summed E-state index contributed by atoms with van der Waals surface area (Å²) in [5, 5.41) is 9.05. The van der Waals surface area contributed by atoms with E-state index in [4.69, 9.17) is 28.5 Å². The molecule has 0 aliphatic heterocycles. The first kappa shape index (κ1) is 12.8. The molecule has 0 radical (unpaired) electrons. The van der Waals surface area contributed by atoms with E-state index in [-0.39, 0.29) is 16.1 Å². The zero-order chi connectivity index (χ0) is 12.3. The number of rotatable bonds is 2. The van der Waals surface area contributed by atoms with Crippen LogP contribution in [0, 0.1) is 11.3 Å². The molecule has 1 aromatic heterocycles. The van der Waals surface area contributed by atoms with Crippen LogP contribution >= 0.6 is 23.2 Å². The largest absolute Gasteiger partial charge is 0.326 e. The summed E-state index contributed by atoms with van der Waals surface area (Å²) in [7, 11) is 1.54. The molecule has 6 heteroatoms. The lowest BCUT2D eigenvalue weighted by atomic mass is 10.2. The van der Waals surface area contributed by atoms with Crippen molar-refractivity contribution in [3.63, 3.8) is 0 Å². The molecule has 1 aromatic rings. The van der Waals surface area contributed by atoms with Crippen molar-refractivity contribution >= 4 is 29.1 Å². The lowest BCUT2D eigenvalue weighted by molar-refractivity contribution is 0.0773. The number of carbonyl (C=O) groups is 1. The zero-order valence-electron chi connectivity index (χ0n) is 8.74. The minimum Gasteiger partial charge on any atom is -0.326 e. The molecule has 0 N–H and O–H groups in total. The van der Waals surface area contributed by atoms with E-state index in [1.807, 2.05) is 6.07 Å². The van der Waals surface area contributed by atoms with Gasteiger partial charge in [-0.25, -0.2) is 4.98 Å². The second-order valence-corrected chi connectivity index (χ2v) is 3.98. The van der Waals surface area contributed by atoms with Gasteiger partial charge in [-0.2, -0.15) is 5.26 Å². The van der Waals surface area contributed by atoms with Crippen molar-refractivity contribution in [2.75, 3.05) is 7.05 Å². The predicted octanol–water partition coefficient (Wildman–Crippen LogP) is 2.37. The summed E-state index contributed by atoms with van der Waals surface area (Å²) in [5.74, 6) is -0.319. The number of hydrogen-bond acceptors (Lipinski definition) is 3. The van der Waals surface area contributed by atoms with Gasteiger partial charge in [-0.05, 0) is 13.0 Å². The van der Waals surface area contributed by atoms with Crippen LogP contribution in [0.3, 0.4) is 0 Å². The average Bonchev–Trinajstić information content (AvgIpc) is 2.29. The van der Waals surface area contributed by atoms with Crippen molar-refractivity contribution in [3.05, 3.63) is 28.0 Å². The van der Waals surface area contributed by atoms with Crippen molar-refractivity contribution < 1.29 is 4.79 Å². The van der Waals surface area contributed by atoms with Gasteiger partial charge in [-0.15, -0.1) is 0 Å². The molecule has 0 aliphatic carbocycles. The van der Waals surface area contributed by atoms with Crippen LogP contribution in [0.15, 0.2) is 12.3 Å². The fraction of sp³-hybridized carbons (Fsp3) is 0.300. The number of hydrogen-bond donors (Lipinski definition) is 0. The lowest BCUT2D eigenvalue weighted by Gasteiger charge is -2.19. The Morgan fingerprint density at radius 2 is 2.25 bits per heavy atom. The van der Waals surface area contributed by atoms with Crippen molar-refractivity contribution in [2.45, 2.75) is 13.0 Å². The monoisotopic (exact) mass is 257 g/mol. The Morgan fingerprint density at radius 1 is 1.62 bits per heavy atom. The van der Waals surface area contributed by atoms with Crippen LogP contribution in [0.2, 0.25) is 10.2 Å². The Balaban J connectivity index is 2.98. The average molecular weight is 258 g/mol. The number of carbonyl (C=O) groups excluding carboxylic acids is 1. The molecule has 1 heterocycles. The maximum Gasteiger partial charge on any atom is 0.256 e. The van der Waals surface area contributed by atoms with Gasteiger partial charge in [-0.3, -0.25) is 4.79 Å². The number of nitriles is 1. The van der Waals surface area contributed by atoms with E-state index in [1.54, 1.807) is 14.0 Å². The summed E-state index contributed by atoms with van der Waals surface area (Å²) >= 11 is 11.4. The summed E-state index contributed by atoms with van der Waals surface area (Å²) in [6, 6.07) is 2.89. The van der Waals surface area contributed by atoms with Crippen molar-refractivity contribution in [1.29, 1.82) is 5.26 Å². The first-order chi connectivity index (χ1) is 7.47. The van der Waals surface area contributed by atoms with E-state index < -0.39 is 6.04 Å². The van der Waals surface area contributed by atoms with Crippen molar-refractivity contribution in [3.8, 4) is 6.07 Å². The van der Waals surface area contributed by atoms with Crippen LogP contribution < -0.4 is 0 Å². The Labute approximate surface area is 103 Å². The second kappa shape index (κ2) is 5.15. The van der Waals surface area contributed by atoms with Gasteiger partial charge in [0.15, 0.2) is 0 Å². The van der Waals surface area contributed by atoms with Crippen molar-refractivity contribution in [2.24, 2.45) is 0 Å². The van der Waals surface area contributed by atoms with Crippen LogP contribution in [0.4, 0.5) is 0 Å². The molecule has 1 atom stereocenters. The Morgan fingerprint density at radius 3 is 2.75 bits per heavy atom. The predicted molar refractivity (Wildman–Crippen MR) is 61.4 cm³/mol. The molecule has 0 bridgehead atoms. The fourth-order valence-corrected chi connectivity index (χ4v) is 1.27. The summed E-state index contributed by atoms with van der Waals surface area (Å²) < 4.78 is 0. The fourth-order valence-electron chi connectivity index (χ4n) is 1.00. The maximum absolute atomic E-state index is 11.8. The quantitative estimate of drug-likeness (QED) is 0.765. The highest BCUT2D eigenvalue weighted by molar-refractivity contribution is 6.41. The Bertz CT molecular complexity index is 456. The molecule has 0 saturated carbocycles. The lowest BCUT2D eigenvalue weighted by Crippen LogP contribution is -2.34. The van der Waals surface area contributed by atoms with Gasteiger partial charge in [-0.1, -0.05) is 23.2 Å². The third-order valence-electron chi connectivity index (χ3n) is 2.13. The molecule has 0 saturated heterocycles. The van der Waals surface area contributed by atoms with Crippen LogP contribution in [0.5, 0.6) is 0 Å². The first-order valence-electron chi connectivity index (χ1n) is 4.45. The maximum atomic E-state index is 11.8. The molecule has 0 aliphatic rings. The van der Waals surface area contributed by atoms with E-state index in [0.29, 0.717) is 5.56 Å². The highest BCUT2D eigenvalue weighted by atomic mass is 35.5. The molecule has 1 rings (SSSR count). The summed E-state index contributed by atoms with van der Waals surface area (Å²) in [5.41, 5.74) is 0.305. The summed E-state index contributed by atoms with van der Waals surface area (Å²) in [6.45, 7) is 1.63. The summed E-state index contributed by atoms with van der Waals surface area (Å²) in [6.07, 6.45) is 1.33. The second-order valence-electron chi connectivity index (χ2n) is 3.22. The van der Waals surface area contributed by atoms with Crippen LogP contribution in [0.1, 0.15) is 17.3 Å². The van der Waals surface area contributed by atoms with E-state index >= 15 is 0 Å². The standard InChI is InChI=1S/C10H9Cl2N3O/c1-6(4-13)15(2)10(16)7-3-8(11)9(12)14-5-7/h3,5-6H,1-2H3. The normalized spacial score (nSPS) is 11.7. The molecule has 0 fully saturated rings. The molecule has 16 heavy (non-hydrogen) atoms. The molecule has 4 nitrogen and oxygen atoms in total. The third kappa shape index (κ3) is 2.63. The smallest absolute Gasteiger partial charge is 0.256 e. The highest BCUT2D eigenvalue weighted by Crippen LogP contribution is 2.20.